The Kier molecular flexibility index (Phi) is 3.09. The van der Waals surface area contributed by atoms with E-state index in [0.717, 1.165) is 38.9 Å². The van der Waals surface area contributed by atoms with Gasteiger partial charge in [-0.2, -0.15) is 0 Å². The number of hydrogen-bond donors (Lipinski definition) is 1. The molecule has 0 unspecified atom stereocenters. The van der Waals surface area contributed by atoms with E-state index in [1.807, 2.05) is 31.3 Å². The standard InChI is InChI=1S/C18H16N4O/c1-10-5-13-12(7-15(19)17(13)20-8-10)11-3-4-16-14(6-11)18(23-2)22-9-21-16/h3-9,15H,19H2,1-2H3/t15-/m0/s1. The van der Waals surface area contributed by atoms with E-state index in [1.165, 1.54) is 6.33 Å². The fraction of sp³-hybridized carbons (Fsp3) is 0.167. The summed E-state index contributed by atoms with van der Waals surface area (Å²) in [5.74, 6) is 0.572. The van der Waals surface area contributed by atoms with Crippen molar-refractivity contribution >= 4 is 16.5 Å². The van der Waals surface area contributed by atoms with Gasteiger partial charge in [0.15, 0.2) is 0 Å². The minimum atomic E-state index is -0.176. The van der Waals surface area contributed by atoms with Gasteiger partial charge in [0.1, 0.15) is 6.33 Å². The smallest absolute Gasteiger partial charge is 0.224 e. The largest absolute Gasteiger partial charge is 0.480 e. The molecule has 0 spiro atoms. The van der Waals surface area contributed by atoms with Crippen molar-refractivity contribution in [3.63, 3.8) is 0 Å². The molecule has 1 atom stereocenters. The Morgan fingerprint density at radius 1 is 1.13 bits per heavy atom. The average Bonchev–Trinajstić information content (AvgIpc) is 2.90. The van der Waals surface area contributed by atoms with E-state index in [4.69, 9.17) is 10.5 Å². The predicted octanol–water partition coefficient (Wildman–Crippen LogP) is 2.79. The Morgan fingerprint density at radius 2 is 2.00 bits per heavy atom. The first-order chi connectivity index (χ1) is 11.2. The van der Waals surface area contributed by atoms with Gasteiger partial charge in [0.05, 0.1) is 29.7 Å². The molecular weight excluding hydrogens is 288 g/mol. The van der Waals surface area contributed by atoms with Crippen molar-refractivity contribution < 1.29 is 4.74 Å². The van der Waals surface area contributed by atoms with E-state index in [9.17, 15) is 0 Å². The normalized spacial score (nSPS) is 16.3. The van der Waals surface area contributed by atoms with Crippen LogP contribution in [0.15, 0.2) is 42.9 Å². The van der Waals surface area contributed by atoms with Gasteiger partial charge in [-0.05, 0) is 41.8 Å². The maximum absolute atomic E-state index is 6.20. The number of aryl methyl sites for hydroxylation is 1. The molecule has 3 aromatic rings. The van der Waals surface area contributed by atoms with Gasteiger partial charge in [0.2, 0.25) is 5.88 Å². The molecule has 0 saturated heterocycles. The first kappa shape index (κ1) is 13.8. The zero-order chi connectivity index (χ0) is 16.0. The molecule has 2 aromatic heterocycles. The number of hydrogen-bond acceptors (Lipinski definition) is 5. The summed E-state index contributed by atoms with van der Waals surface area (Å²) in [6, 6.07) is 8.02. The second kappa shape index (κ2) is 5.14. The summed E-state index contributed by atoms with van der Waals surface area (Å²) >= 11 is 0. The molecule has 1 aliphatic rings. The Bertz CT molecular complexity index is 949. The third kappa shape index (κ3) is 2.17. The van der Waals surface area contributed by atoms with Crippen molar-refractivity contribution in [3.05, 3.63) is 65.2 Å². The van der Waals surface area contributed by atoms with Crippen molar-refractivity contribution in [1.82, 2.24) is 15.0 Å². The number of nitrogens with zero attached hydrogens (tertiary/aromatic N) is 3. The Morgan fingerprint density at radius 3 is 2.83 bits per heavy atom. The first-order valence-corrected chi connectivity index (χ1v) is 7.41. The molecule has 0 bridgehead atoms. The Labute approximate surface area is 133 Å². The van der Waals surface area contributed by atoms with Gasteiger partial charge in [-0.15, -0.1) is 0 Å². The first-order valence-electron chi connectivity index (χ1n) is 7.41. The SMILES string of the molecule is COc1ncnc2ccc(C3=C[C@H](N)c4ncc(C)cc43)cc12. The maximum atomic E-state index is 6.20. The van der Waals surface area contributed by atoms with E-state index in [-0.39, 0.29) is 6.04 Å². The van der Waals surface area contributed by atoms with Crippen LogP contribution in [0.25, 0.3) is 16.5 Å². The monoisotopic (exact) mass is 304 g/mol. The van der Waals surface area contributed by atoms with Gasteiger partial charge >= 0.3 is 0 Å². The van der Waals surface area contributed by atoms with Gasteiger partial charge in [-0.3, -0.25) is 4.98 Å². The molecule has 5 nitrogen and oxygen atoms in total. The molecule has 2 N–H and O–H groups in total. The van der Waals surface area contributed by atoms with Crippen LogP contribution in [-0.4, -0.2) is 22.1 Å². The molecule has 1 aliphatic carbocycles. The van der Waals surface area contributed by atoms with Crippen LogP contribution in [0.2, 0.25) is 0 Å². The highest BCUT2D eigenvalue weighted by atomic mass is 16.5. The molecule has 0 amide bonds. The van der Waals surface area contributed by atoms with Gasteiger partial charge in [-0.25, -0.2) is 9.97 Å². The minimum Gasteiger partial charge on any atom is -0.480 e. The number of aromatic nitrogens is 3. The summed E-state index contributed by atoms with van der Waals surface area (Å²) in [5.41, 5.74) is 12.3. The highest BCUT2D eigenvalue weighted by Gasteiger charge is 2.23. The predicted molar refractivity (Wildman–Crippen MR) is 89.1 cm³/mol. The zero-order valence-electron chi connectivity index (χ0n) is 12.9. The lowest BCUT2D eigenvalue weighted by atomic mass is 9.99. The summed E-state index contributed by atoms with van der Waals surface area (Å²) in [6.45, 7) is 2.03. The number of nitrogens with two attached hydrogens (primary N) is 1. The van der Waals surface area contributed by atoms with Crippen molar-refractivity contribution in [2.45, 2.75) is 13.0 Å². The molecule has 114 valence electrons. The molecule has 4 rings (SSSR count). The van der Waals surface area contributed by atoms with Crippen LogP contribution in [0.1, 0.15) is 28.4 Å². The zero-order valence-corrected chi connectivity index (χ0v) is 12.9. The van der Waals surface area contributed by atoms with Crippen molar-refractivity contribution in [2.24, 2.45) is 5.73 Å². The van der Waals surface area contributed by atoms with Crippen LogP contribution < -0.4 is 10.5 Å². The maximum Gasteiger partial charge on any atom is 0.224 e. The molecular formula is C18H16N4O. The van der Waals surface area contributed by atoms with Gasteiger partial charge in [0.25, 0.3) is 0 Å². The summed E-state index contributed by atoms with van der Waals surface area (Å²) in [7, 11) is 1.61. The van der Waals surface area contributed by atoms with E-state index in [1.54, 1.807) is 7.11 Å². The van der Waals surface area contributed by atoms with Crippen LogP contribution in [0, 0.1) is 6.92 Å². The molecule has 2 heterocycles. The molecule has 23 heavy (non-hydrogen) atoms. The second-order valence-electron chi connectivity index (χ2n) is 5.67. The highest BCUT2D eigenvalue weighted by Crippen LogP contribution is 2.37. The van der Waals surface area contributed by atoms with E-state index < -0.39 is 0 Å². The molecule has 5 heteroatoms. The third-order valence-corrected chi connectivity index (χ3v) is 4.11. The van der Waals surface area contributed by atoms with E-state index >= 15 is 0 Å². The van der Waals surface area contributed by atoms with Crippen LogP contribution in [-0.2, 0) is 0 Å². The number of benzene rings is 1. The minimum absolute atomic E-state index is 0.176. The van der Waals surface area contributed by atoms with Crippen molar-refractivity contribution in [3.8, 4) is 5.88 Å². The summed E-state index contributed by atoms with van der Waals surface area (Å²) < 4.78 is 5.35. The highest BCUT2D eigenvalue weighted by molar-refractivity contribution is 5.92. The van der Waals surface area contributed by atoms with Gasteiger partial charge in [0, 0.05) is 11.8 Å². The third-order valence-electron chi connectivity index (χ3n) is 4.11. The number of ether oxygens (including phenoxy) is 1. The van der Waals surface area contributed by atoms with Crippen molar-refractivity contribution in [2.75, 3.05) is 7.11 Å². The van der Waals surface area contributed by atoms with Crippen LogP contribution >= 0.6 is 0 Å². The van der Waals surface area contributed by atoms with Crippen LogP contribution in [0.4, 0.5) is 0 Å². The fourth-order valence-electron chi connectivity index (χ4n) is 3.02. The van der Waals surface area contributed by atoms with E-state index in [0.29, 0.717) is 5.88 Å². The lowest BCUT2D eigenvalue weighted by Gasteiger charge is -2.09. The molecule has 0 aliphatic heterocycles. The second-order valence-corrected chi connectivity index (χ2v) is 5.67. The number of methoxy groups -OCH3 is 1. The summed E-state index contributed by atoms with van der Waals surface area (Å²) in [4.78, 5) is 12.9. The Balaban J connectivity index is 1.91. The van der Waals surface area contributed by atoms with Gasteiger partial charge < -0.3 is 10.5 Å². The van der Waals surface area contributed by atoms with Crippen LogP contribution in [0.3, 0.4) is 0 Å². The molecule has 0 fully saturated rings. The average molecular weight is 304 g/mol. The number of fused-ring (bicyclic) bond motifs is 2. The summed E-state index contributed by atoms with van der Waals surface area (Å²) in [6.07, 6.45) is 5.41. The lowest BCUT2D eigenvalue weighted by Crippen LogP contribution is -2.06. The summed E-state index contributed by atoms with van der Waals surface area (Å²) in [5, 5.41) is 0.885. The molecule has 0 saturated carbocycles. The lowest BCUT2D eigenvalue weighted by molar-refractivity contribution is 0.402. The van der Waals surface area contributed by atoms with Crippen LogP contribution in [0.5, 0.6) is 5.88 Å². The molecule has 1 aromatic carbocycles. The van der Waals surface area contributed by atoms with E-state index in [2.05, 4.69) is 27.1 Å². The number of pyridine rings is 1. The number of rotatable bonds is 2. The Hall–Kier alpha value is -2.79. The van der Waals surface area contributed by atoms with Gasteiger partial charge in [-0.1, -0.05) is 12.1 Å². The fourth-order valence-corrected chi connectivity index (χ4v) is 3.02. The van der Waals surface area contributed by atoms with Crippen molar-refractivity contribution in [1.29, 1.82) is 0 Å². The quantitative estimate of drug-likeness (QED) is 0.788. The topological polar surface area (TPSA) is 73.9 Å². The molecule has 0 radical (unpaired) electrons.